The van der Waals surface area contributed by atoms with Gasteiger partial charge in [-0.3, -0.25) is 9.59 Å². The van der Waals surface area contributed by atoms with Gasteiger partial charge in [0.2, 0.25) is 5.91 Å². The van der Waals surface area contributed by atoms with Gasteiger partial charge in [0.15, 0.2) is 0 Å². The first kappa shape index (κ1) is 15.4. The molecule has 1 atom stereocenters. The second-order valence-corrected chi connectivity index (χ2v) is 3.51. The number of methoxy groups -OCH3 is 2. The number of carbonyl (C=O) groups excluding carboxylic acids is 3. The van der Waals surface area contributed by atoms with Crippen molar-refractivity contribution < 1.29 is 23.9 Å². The third-order valence-corrected chi connectivity index (χ3v) is 2.16. The number of esters is 2. The number of amides is 1. The first-order valence-electron chi connectivity index (χ1n) is 5.49. The lowest BCUT2D eigenvalue weighted by Crippen LogP contribution is -2.41. The predicted molar refractivity (Wildman–Crippen MR) is 60.1 cm³/mol. The van der Waals surface area contributed by atoms with Gasteiger partial charge in [0.1, 0.15) is 6.04 Å². The summed E-state index contributed by atoms with van der Waals surface area (Å²) in [4.78, 5) is 33.7. The lowest BCUT2D eigenvalue weighted by atomic mass is 10.1. The molecule has 0 radical (unpaired) electrons. The van der Waals surface area contributed by atoms with E-state index >= 15 is 0 Å². The van der Waals surface area contributed by atoms with Crippen LogP contribution in [0.2, 0.25) is 0 Å². The van der Waals surface area contributed by atoms with Crippen molar-refractivity contribution in [1.29, 1.82) is 0 Å². The number of hydrogen-bond acceptors (Lipinski definition) is 5. The van der Waals surface area contributed by atoms with Gasteiger partial charge in [-0.05, 0) is 12.8 Å². The van der Waals surface area contributed by atoms with Crippen LogP contribution in [0.5, 0.6) is 0 Å². The quantitative estimate of drug-likeness (QED) is 0.656. The third kappa shape index (κ3) is 6.55. The summed E-state index contributed by atoms with van der Waals surface area (Å²) in [6, 6.07) is -0.793. The monoisotopic (exact) mass is 245 g/mol. The summed E-state index contributed by atoms with van der Waals surface area (Å²) in [5.41, 5.74) is 0. The van der Waals surface area contributed by atoms with E-state index in [0.717, 1.165) is 0 Å². The van der Waals surface area contributed by atoms with Crippen LogP contribution in [0.25, 0.3) is 0 Å². The zero-order valence-electron chi connectivity index (χ0n) is 10.4. The van der Waals surface area contributed by atoms with E-state index in [2.05, 4.69) is 14.8 Å². The molecule has 0 fully saturated rings. The average Bonchev–Trinajstić information content (AvgIpc) is 2.33. The van der Waals surface area contributed by atoms with Crippen LogP contribution in [0.4, 0.5) is 0 Å². The molecular formula is C11H19NO5. The van der Waals surface area contributed by atoms with Gasteiger partial charge in [-0.25, -0.2) is 4.79 Å². The largest absolute Gasteiger partial charge is 0.469 e. The Hall–Kier alpha value is -1.59. The molecule has 6 heteroatoms. The molecule has 0 saturated carbocycles. The standard InChI is InChI=1S/C11H19NO5/c1-4-5-9(13)12-8(11(15)17-3)6-7-10(14)16-2/h8H,4-7H2,1-3H3,(H,12,13)/t8-/m0/s1. The van der Waals surface area contributed by atoms with E-state index in [0.29, 0.717) is 12.8 Å². The molecule has 0 aliphatic heterocycles. The topological polar surface area (TPSA) is 81.7 Å². The Morgan fingerprint density at radius 3 is 2.24 bits per heavy atom. The maximum absolute atomic E-state index is 11.4. The number of hydrogen-bond donors (Lipinski definition) is 1. The smallest absolute Gasteiger partial charge is 0.328 e. The van der Waals surface area contributed by atoms with E-state index < -0.39 is 18.0 Å². The Kier molecular flexibility index (Phi) is 7.75. The molecule has 98 valence electrons. The van der Waals surface area contributed by atoms with E-state index in [1.807, 2.05) is 6.92 Å². The molecule has 1 amide bonds. The highest BCUT2D eigenvalue weighted by atomic mass is 16.5. The molecule has 0 saturated heterocycles. The maximum atomic E-state index is 11.4. The fraction of sp³-hybridized carbons (Fsp3) is 0.727. The molecule has 0 heterocycles. The molecule has 0 rings (SSSR count). The Morgan fingerprint density at radius 1 is 1.12 bits per heavy atom. The molecule has 0 aromatic carbocycles. The minimum absolute atomic E-state index is 0.0582. The van der Waals surface area contributed by atoms with Gasteiger partial charge in [0, 0.05) is 12.8 Å². The summed E-state index contributed by atoms with van der Waals surface area (Å²) in [6.45, 7) is 1.86. The molecule has 17 heavy (non-hydrogen) atoms. The molecule has 6 nitrogen and oxygen atoms in total. The molecule has 0 aliphatic rings. The number of rotatable bonds is 7. The zero-order chi connectivity index (χ0) is 13.3. The van der Waals surface area contributed by atoms with Crippen molar-refractivity contribution in [3.05, 3.63) is 0 Å². The SMILES string of the molecule is CCCC(=O)N[C@@H](CCC(=O)OC)C(=O)OC. The zero-order valence-corrected chi connectivity index (χ0v) is 10.4. The summed E-state index contributed by atoms with van der Waals surface area (Å²) >= 11 is 0. The van der Waals surface area contributed by atoms with Crippen molar-refractivity contribution in [2.24, 2.45) is 0 Å². The Balaban J connectivity index is 4.28. The first-order chi connectivity index (χ1) is 8.04. The summed E-state index contributed by atoms with van der Waals surface area (Å²) < 4.78 is 9.01. The van der Waals surface area contributed by atoms with Gasteiger partial charge in [-0.1, -0.05) is 6.92 Å². The predicted octanol–water partition coefficient (Wildman–Crippen LogP) is 0.397. The maximum Gasteiger partial charge on any atom is 0.328 e. The Morgan fingerprint density at radius 2 is 1.76 bits per heavy atom. The van der Waals surface area contributed by atoms with Crippen molar-refractivity contribution in [2.75, 3.05) is 14.2 Å². The van der Waals surface area contributed by atoms with Crippen LogP contribution >= 0.6 is 0 Å². The third-order valence-electron chi connectivity index (χ3n) is 2.16. The van der Waals surface area contributed by atoms with Crippen molar-refractivity contribution in [1.82, 2.24) is 5.32 Å². The second kappa shape index (κ2) is 8.55. The van der Waals surface area contributed by atoms with Gasteiger partial charge in [0.25, 0.3) is 0 Å². The highest BCUT2D eigenvalue weighted by Gasteiger charge is 2.22. The molecule has 0 aromatic heterocycles. The number of carbonyl (C=O) groups is 3. The lowest BCUT2D eigenvalue weighted by Gasteiger charge is -2.15. The molecule has 0 unspecified atom stereocenters. The van der Waals surface area contributed by atoms with Gasteiger partial charge in [-0.15, -0.1) is 0 Å². The first-order valence-corrected chi connectivity index (χ1v) is 5.49. The van der Waals surface area contributed by atoms with E-state index in [1.165, 1.54) is 14.2 Å². The highest BCUT2D eigenvalue weighted by Crippen LogP contribution is 2.02. The van der Waals surface area contributed by atoms with Crippen LogP contribution in [0.15, 0.2) is 0 Å². The van der Waals surface area contributed by atoms with Gasteiger partial charge < -0.3 is 14.8 Å². The normalized spacial score (nSPS) is 11.5. The summed E-state index contributed by atoms with van der Waals surface area (Å²) in [5, 5.41) is 2.53. The van der Waals surface area contributed by atoms with Gasteiger partial charge in [-0.2, -0.15) is 0 Å². The molecule has 0 aromatic rings. The van der Waals surface area contributed by atoms with Crippen molar-refractivity contribution in [3.63, 3.8) is 0 Å². The summed E-state index contributed by atoms with van der Waals surface area (Å²) in [7, 11) is 2.50. The van der Waals surface area contributed by atoms with Crippen LogP contribution in [0.3, 0.4) is 0 Å². The number of ether oxygens (including phenoxy) is 2. The van der Waals surface area contributed by atoms with Crippen molar-refractivity contribution in [2.45, 2.75) is 38.6 Å². The second-order valence-electron chi connectivity index (χ2n) is 3.51. The van der Waals surface area contributed by atoms with Crippen LogP contribution in [0.1, 0.15) is 32.6 Å². The fourth-order valence-corrected chi connectivity index (χ4v) is 1.25. The molecule has 0 aliphatic carbocycles. The summed E-state index contributed by atoms with van der Waals surface area (Å²) in [6.07, 6.45) is 1.26. The molecule has 1 N–H and O–H groups in total. The minimum Gasteiger partial charge on any atom is -0.469 e. The molecule has 0 spiro atoms. The van der Waals surface area contributed by atoms with Crippen LogP contribution in [-0.2, 0) is 23.9 Å². The van der Waals surface area contributed by atoms with Crippen molar-refractivity contribution in [3.8, 4) is 0 Å². The van der Waals surface area contributed by atoms with Crippen molar-refractivity contribution >= 4 is 17.8 Å². The highest BCUT2D eigenvalue weighted by molar-refractivity contribution is 5.84. The van der Waals surface area contributed by atoms with Gasteiger partial charge in [0.05, 0.1) is 14.2 Å². The van der Waals surface area contributed by atoms with Gasteiger partial charge >= 0.3 is 11.9 Å². The molecule has 0 bridgehead atoms. The summed E-state index contributed by atoms with van der Waals surface area (Å²) in [5.74, 6) is -1.21. The Bertz CT molecular complexity index is 277. The van der Waals surface area contributed by atoms with E-state index in [9.17, 15) is 14.4 Å². The van der Waals surface area contributed by atoms with Crippen LogP contribution < -0.4 is 5.32 Å². The van der Waals surface area contributed by atoms with E-state index in [4.69, 9.17) is 0 Å². The van der Waals surface area contributed by atoms with Crippen LogP contribution in [0, 0.1) is 0 Å². The number of nitrogens with one attached hydrogen (secondary N) is 1. The lowest BCUT2D eigenvalue weighted by molar-refractivity contribution is -0.146. The fourth-order valence-electron chi connectivity index (χ4n) is 1.25. The van der Waals surface area contributed by atoms with Crippen LogP contribution in [-0.4, -0.2) is 38.1 Å². The molecular weight excluding hydrogens is 226 g/mol. The average molecular weight is 245 g/mol. The van der Waals surface area contributed by atoms with E-state index in [1.54, 1.807) is 0 Å². The van der Waals surface area contributed by atoms with E-state index in [-0.39, 0.29) is 18.7 Å². The Labute approximate surface area is 101 Å². The minimum atomic E-state index is -0.793.